The van der Waals surface area contributed by atoms with Crippen LogP contribution >= 0.6 is 0 Å². The summed E-state index contributed by atoms with van der Waals surface area (Å²) in [5, 5.41) is 6.31. The lowest BCUT2D eigenvalue weighted by Crippen LogP contribution is -2.37. The Morgan fingerprint density at radius 1 is 1.06 bits per heavy atom. The predicted octanol–water partition coefficient (Wildman–Crippen LogP) is 3.62. The lowest BCUT2D eigenvalue weighted by atomic mass is 10.1. The maximum absolute atomic E-state index is 12.4. The van der Waals surface area contributed by atoms with Crippen LogP contribution in [0.25, 0.3) is 0 Å². The monoisotopic (exact) mass is 448 g/mol. The molecule has 1 aliphatic heterocycles. The third-order valence-electron chi connectivity index (χ3n) is 5.06. The standard InChI is InChI=1S/C23H27F3N4O2/c1-27-22(29-13-17-8-10-20(11-9-17)32-16-23(24,25)26)28-12-4-7-21(31)30-14-18-5-2-3-6-19(18)15-30/h2-3,5-6,8-11H,4,7,12-16H2,1H3,(H2,27,28,29). The van der Waals surface area contributed by atoms with Gasteiger partial charge in [-0.05, 0) is 35.2 Å². The zero-order valence-electron chi connectivity index (χ0n) is 17.9. The molecule has 1 amide bonds. The maximum atomic E-state index is 12.4. The van der Waals surface area contributed by atoms with Crippen molar-refractivity contribution in [1.82, 2.24) is 15.5 Å². The number of carbonyl (C=O) groups excluding carboxylic acids is 1. The normalized spacial score (nSPS) is 13.6. The highest BCUT2D eigenvalue weighted by molar-refractivity contribution is 5.80. The van der Waals surface area contributed by atoms with Crippen LogP contribution in [0.3, 0.4) is 0 Å². The number of fused-ring (bicyclic) bond motifs is 1. The summed E-state index contributed by atoms with van der Waals surface area (Å²) in [4.78, 5) is 18.5. The van der Waals surface area contributed by atoms with Crippen LogP contribution in [0.5, 0.6) is 5.75 Å². The van der Waals surface area contributed by atoms with Crippen molar-refractivity contribution in [3.63, 3.8) is 0 Å². The number of rotatable bonds is 8. The van der Waals surface area contributed by atoms with E-state index in [2.05, 4.69) is 27.8 Å². The molecule has 3 rings (SSSR count). The average Bonchev–Trinajstić information content (AvgIpc) is 3.22. The van der Waals surface area contributed by atoms with Gasteiger partial charge in [-0.15, -0.1) is 0 Å². The minimum Gasteiger partial charge on any atom is -0.484 e. The molecule has 0 aromatic heterocycles. The van der Waals surface area contributed by atoms with Crippen LogP contribution in [0.4, 0.5) is 13.2 Å². The number of nitrogens with zero attached hydrogens (tertiary/aromatic N) is 2. The first-order valence-corrected chi connectivity index (χ1v) is 10.4. The van der Waals surface area contributed by atoms with Gasteiger partial charge < -0.3 is 20.3 Å². The molecule has 0 radical (unpaired) electrons. The SMILES string of the molecule is CN=C(NCCCC(=O)N1Cc2ccccc2C1)NCc1ccc(OCC(F)(F)F)cc1. The summed E-state index contributed by atoms with van der Waals surface area (Å²) in [6.07, 6.45) is -3.22. The third kappa shape index (κ3) is 7.18. The minimum atomic E-state index is -4.36. The summed E-state index contributed by atoms with van der Waals surface area (Å²) in [6, 6.07) is 14.5. The molecular weight excluding hydrogens is 421 g/mol. The number of carbonyl (C=O) groups is 1. The van der Waals surface area contributed by atoms with Gasteiger partial charge in [0.05, 0.1) is 0 Å². The van der Waals surface area contributed by atoms with E-state index in [4.69, 9.17) is 4.74 Å². The highest BCUT2D eigenvalue weighted by Crippen LogP contribution is 2.23. The lowest BCUT2D eigenvalue weighted by Gasteiger charge is -2.16. The quantitative estimate of drug-likeness (QED) is 0.368. The van der Waals surface area contributed by atoms with E-state index in [-0.39, 0.29) is 11.7 Å². The molecule has 6 nitrogen and oxygen atoms in total. The molecule has 0 fully saturated rings. The number of halogens is 3. The van der Waals surface area contributed by atoms with E-state index in [1.54, 1.807) is 19.2 Å². The Hall–Kier alpha value is -3.23. The number of guanidine groups is 1. The van der Waals surface area contributed by atoms with Crippen LogP contribution in [0.1, 0.15) is 29.5 Å². The molecule has 2 aromatic rings. The van der Waals surface area contributed by atoms with Crippen molar-refractivity contribution in [3.8, 4) is 5.75 Å². The fraction of sp³-hybridized carbons (Fsp3) is 0.391. The van der Waals surface area contributed by atoms with Crippen molar-refractivity contribution in [2.75, 3.05) is 20.2 Å². The van der Waals surface area contributed by atoms with Crippen LogP contribution in [0, 0.1) is 0 Å². The van der Waals surface area contributed by atoms with E-state index in [1.165, 1.54) is 23.3 Å². The third-order valence-corrected chi connectivity index (χ3v) is 5.06. The molecule has 1 aliphatic rings. The number of ether oxygens (including phenoxy) is 1. The molecule has 0 unspecified atom stereocenters. The number of alkyl halides is 3. The second-order valence-corrected chi connectivity index (χ2v) is 7.52. The van der Waals surface area contributed by atoms with Crippen LogP contribution in [-0.4, -0.2) is 43.1 Å². The van der Waals surface area contributed by atoms with Gasteiger partial charge in [-0.3, -0.25) is 9.79 Å². The molecule has 0 aliphatic carbocycles. The fourth-order valence-corrected chi connectivity index (χ4v) is 3.39. The van der Waals surface area contributed by atoms with Crippen molar-refractivity contribution in [2.45, 2.75) is 38.7 Å². The Kier molecular flexibility index (Phi) is 7.97. The van der Waals surface area contributed by atoms with Gasteiger partial charge in [0, 0.05) is 39.6 Å². The van der Waals surface area contributed by atoms with Gasteiger partial charge in [0.15, 0.2) is 12.6 Å². The first-order valence-electron chi connectivity index (χ1n) is 10.4. The van der Waals surface area contributed by atoms with Crippen molar-refractivity contribution >= 4 is 11.9 Å². The number of hydrogen-bond donors (Lipinski definition) is 2. The Morgan fingerprint density at radius 2 is 1.72 bits per heavy atom. The number of aliphatic imine (C=N–C) groups is 1. The molecule has 172 valence electrons. The topological polar surface area (TPSA) is 66.0 Å². The molecular formula is C23H27F3N4O2. The number of hydrogen-bond acceptors (Lipinski definition) is 3. The smallest absolute Gasteiger partial charge is 0.422 e. The summed E-state index contributed by atoms with van der Waals surface area (Å²) in [5.41, 5.74) is 3.29. The molecule has 2 aromatic carbocycles. The molecule has 0 saturated heterocycles. The van der Waals surface area contributed by atoms with E-state index in [1.807, 2.05) is 17.0 Å². The van der Waals surface area contributed by atoms with Crippen LogP contribution in [0.15, 0.2) is 53.5 Å². The summed E-state index contributed by atoms with van der Waals surface area (Å²) in [6.45, 7) is 1.08. The van der Waals surface area contributed by atoms with Gasteiger partial charge in [-0.25, -0.2) is 0 Å². The van der Waals surface area contributed by atoms with Gasteiger partial charge in [0.2, 0.25) is 5.91 Å². The Morgan fingerprint density at radius 3 is 2.31 bits per heavy atom. The van der Waals surface area contributed by atoms with Crippen LogP contribution in [0.2, 0.25) is 0 Å². The molecule has 0 atom stereocenters. The van der Waals surface area contributed by atoms with Crippen LogP contribution in [-0.2, 0) is 24.4 Å². The predicted molar refractivity (Wildman–Crippen MR) is 116 cm³/mol. The summed E-state index contributed by atoms with van der Waals surface area (Å²) in [5.74, 6) is 0.890. The summed E-state index contributed by atoms with van der Waals surface area (Å²) < 4.78 is 41.3. The molecule has 1 heterocycles. The fourth-order valence-electron chi connectivity index (χ4n) is 3.39. The Labute approximate surface area is 185 Å². The summed E-state index contributed by atoms with van der Waals surface area (Å²) in [7, 11) is 1.65. The van der Waals surface area contributed by atoms with E-state index in [0.717, 1.165) is 5.56 Å². The first kappa shape index (κ1) is 23.4. The minimum absolute atomic E-state index is 0.138. The zero-order valence-corrected chi connectivity index (χ0v) is 17.9. The van der Waals surface area contributed by atoms with Gasteiger partial charge in [0.1, 0.15) is 5.75 Å². The van der Waals surface area contributed by atoms with Gasteiger partial charge in [0.25, 0.3) is 0 Å². The van der Waals surface area contributed by atoms with E-state index in [9.17, 15) is 18.0 Å². The van der Waals surface area contributed by atoms with Crippen molar-refractivity contribution in [1.29, 1.82) is 0 Å². The van der Waals surface area contributed by atoms with Crippen molar-refractivity contribution in [2.24, 2.45) is 4.99 Å². The number of benzene rings is 2. The second-order valence-electron chi connectivity index (χ2n) is 7.52. The second kappa shape index (κ2) is 10.9. The molecule has 0 bridgehead atoms. The summed E-state index contributed by atoms with van der Waals surface area (Å²) >= 11 is 0. The highest BCUT2D eigenvalue weighted by atomic mass is 19.4. The number of nitrogens with one attached hydrogen (secondary N) is 2. The Bertz CT molecular complexity index is 905. The van der Waals surface area contributed by atoms with Crippen LogP contribution < -0.4 is 15.4 Å². The molecule has 0 spiro atoms. The number of amides is 1. The average molecular weight is 448 g/mol. The van der Waals surface area contributed by atoms with E-state index in [0.29, 0.717) is 45.0 Å². The first-order chi connectivity index (χ1) is 15.3. The van der Waals surface area contributed by atoms with Gasteiger partial charge in [-0.1, -0.05) is 36.4 Å². The van der Waals surface area contributed by atoms with E-state index >= 15 is 0 Å². The van der Waals surface area contributed by atoms with Gasteiger partial charge >= 0.3 is 6.18 Å². The zero-order chi connectivity index (χ0) is 23.0. The van der Waals surface area contributed by atoms with Crippen molar-refractivity contribution < 1.29 is 22.7 Å². The van der Waals surface area contributed by atoms with Gasteiger partial charge in [-0.2, -0.15) is 13.2 Å². The highest BCUT2D eigenvalue weighted by Gasteiger charge is 2.28. The van der Waals surface area contributed by atoms with Crippen molar-refractivity contribution in [3.05, 3.63) is 65.2 Å². The lowest BCUT2D eigenvalue weighted by molar-refractivity contribution is -0.153. The van der Waals surface area contributed by atoms with E-state index < -0.39 is 12.8 Å². The molecule has 32 heavy (non-hydrogen) atoms. The molecule has 0 saturated carbocycles. The Balaban J connectivity index is 1.33. The largest absolute Gasteiger partial charge is 0.484 e. The molecule has 9 heteroatoms. The molecule has 2 N–H and O–H groups in total. The maximum Gasteiger partial charge on any atom is 0.422 e.